The number of hydrogen-bond donors (Lipinski definition) is 1. The van der Waals surface area contributed by atoms with Crippen molar-refractivity contribution in [1.29, 1.82) is 0 Å². The summed E-state index contributed by atoms with van der Waals surface area (Å²) in [7, 11) is 0. The first kappa shape index (κ1) is 16.1. The summed E-state index contributed by atoms with van der Waals surface area (Å²) in [6, 6.07) is 0. The lowest BCUT2D eigenvalue weighted by Gasteiger charge is -2.14. The average molecular weight is 259 g/mol. The van der Waals surface area contributed by atoms with Crippen molar-refractivity contribution in [3.63, 3.8) is 0 Å². The van der Waals surface area contributed by atoms with E-state index in [-0.39, 0.29) is 6.54 Å². The fraction of sp³-hybridized carbons (Fsp3) is 0.900. The highest BCUT2D eigenvalue weighted by molar-refractivity contribution is 5.83. The molecule has 0 spiro atoms. The number of hydrogen-bond acceptors (Lipinski definition) is 2. The molecule has 0 fully saturated rings. The minimum Gasteiger partial charge on any atom is -0.381 e. The van der Waals surface area contributed by atoms with Gasteiger partial charge in [0.2, 0.25) is 0 Å². The van der Waals surface area contributed by atoms with Crippen LogP contribution in [0.3, 0.4) is 0 Å². The molecule has 0 rings (SSSR count). The van der Waals surface area contributed by atoms with Crippen LogP contribution in [0.1, 0.15) is 20.3 Å². The van der Waals surface area contributed by atoms with Gasteiger partial charge in [-0.1, -0.05) is 13.8 Å². The van der Waals surface area contributed by atoms with Crippen LogP contribution in [0.2, 0.25) is 0 Å². The summed E-state index contributed by atoms with van der Waals surface area (Å²) in [5.41, 5.74) is 0. The van der Waals surface area contributed by atoms with Gasteiger partial charge in [-0.2, -0.15) is 8.78 Å². The number of amides is 1. The van der Waals surface area contributed by atoms with Crippen molar-refractivity contribution >= 4 is 5.91 Å². The molecular formula is C10H17F4NO2. The smallest absolute Gasteiger partial charge is 0.381 e. The van der Waals surface area contributed by atoms with Crippen LogP contribution in [-0.4, -0.2) is 38.0 Å². The first-order valence-corrected chi connectivity index (χ1v) is 5.30. The Morgan fingerprint density at radius 3 is 2.41 bits per heavy atom. The van der Waals surface area contributed by atoms with Gasteiger partial charge in [-0.05, 0) is 12.3 Å². The normalized spacial score (nSPS) is 12.2. The zero-order valence-electron chi connectivity index (χ0n) is 9.81. The fourth-order valence-electron chi connectivity index (χ4n) is 0.912. The highest BCUT2D eigenvalue weighted by atomic mass is 19.3. The molecule has 1 amide bonds. The number of carbonyl (C=O) groups is 1. The molecule has 7 heteroatoms. The van der Waals surface area contributed by atoms with Gasteiger partial charge >= 0.3 is 12.3 Å². The van der Waals surface area contributed by atoms with Gasteiger partial charge in [-0.15, -0.1) is 0 Å². The van der Waals surface area contributed by atoms with Gasteiger partial charge in [0.15, 0.2) is 0 Å². The lowest BCUT2D eigenvalue weighted by atomic mass is 10.2. The van der Waals surface area contributed by atoms with Crippen molar-refractivity contribution in [3.05, 3.63) is 0 Å². The van der Waals surface area contributed by atoms with Gasteiger partial charge in [-0.3, -0.25) is 4.79 Å². The maximum Gasteiger partial charge on any atom is 0.383 e. The van der Waals surface area contributed by atoms with Crippen LogP contribution in [0, 0.1) is 5.92 Å². The standard InChI is InChI=1S/C10H17F4NO2/c1-7(2)6-17-5-3-4-15-9(16)10(13,14)8(11)12/h7-8H,3-6H2,1-2H3,(H,15,16). The molecule has 0 aliphatic carbocycles. The van der Waals surface area contributed by atoms with Crippen LogP contribution in [0.25, 0.3) is 0 Å². The molecule has 3 nitrogen and oxygen atoms in total. The predicted molar refractivity (Wildman–Crippen MR) is 54.2 cm³/mol. The third kappa shape index (κ3) is 6.45. The topological polar surface area (TPSA) is 38.3 Å². The van der Waals surface area contributed by atoms with E-state index in [4.69, 9.17) is 4.74 Å². The van der Waals surface area contributed by atoms with E-state index >= 15 is 0 Å². The molecule has 0 saturated carbocycles. The van der Waals surface area contributed by atoms with Crippen molar-refractivity contribution < 1.29 is 27.1 Å². The van der Waals surface area contributed by atoms with Crippen LogP contribution in [0.15, 0.2) is 0 Å². The van der Waals surface area contributed by atoms with Crippen LogP contribution < -0.4 is 5.32 Å². The van der Waals surface area contributed by atoms with Gasteiger partial charge in [0.25, 0.3) is 5.91 Å². The van der Waals surface area contributed by atoms with E-state index in [9.17, 15) is 22.4 Å². The molecule has 0 unspecified atom stereocenters. The molecular weight excluding hydrogens is 242 g/mol. The van der Waals surface area contributed by atoms with E-state index in [2.05, 4.69) is 0 Å². The Balaban J connectivity index is 3.65. The summed E-state index contributed by atoms with van der Waals surface area (Å²) >= 11 is 0. The second kappa shape index (κ2) is 7.47. The molecule has 0 aromatic heterocycles. The molecule has 0 aromatic rings. The zero-order valence-corrected chi connectivity index (χ0v) is 9.81. The number of rotatable bonds is 8. The van der Waals surface area contributed by atoms with Crippen LogP contribution >= 0.6 is 0 Å². The average Bonchev–Trinajstić information content (AvgIpc) is 2.21. The summed E-state index contributed by atoms with van der Waals surface area (Å²) in [6.45, 7) is 4.61. The Morgan fingerprint density at radius 1 is 1.35 bits per heavy atom. The minimum absolute atomic E-state index is 0.112. The number of ether oxygens (including phenoxy) is 1. The van der Waals surface area contributed by atoms with Crippen LogP contribution in [0.5, 0.6) is 0 Å². The summed E-state index contributed by atoms with van der Waals surface area (Å²) in [5.74, 6) is -6.22. The van der Waals surface area contributed by atoms with Crippen molar-refractivity contribution in [1.82, 2.24) is 5.32 Å². The molecule has 17 heavy (non-hydrogen) atoms. The molecule has 0 bridgehead atoms. The summed E-state index contributed by atoms with van der Waals surface area (Å²) in [4.78, 5) is 10.7. The first-order chi connectivity index (χ1) is 7.78. The van der Waals surface area contributed by atoms with Crippen LogP contribution in [0.4, 0.5) is 17.6 Å². The number of alkyl halides is 4. The minimum atomic E-state index is -4.63. The van der Waals surface area contributed by atoms with Crippen molar-refractivity contribution in [3.8, 4) is 0 Å². The molecule has 0 aliphatic rings. The molecule has 0 radical (unpaired) electrons. The highest BCUT2D eigenvalue weighted by Gasteiger charge is 2.48. The van der Waals surface area contributed by atoms with Crippen molar-refractivity contribution in [2.45, 2.75) is 32.6 Å². The summed E-state index contributed by atoms with van der Waals surface area (Å²) in [5, 5.41) is 1.74. The lowest BCUT2D eigenvalue weighted by Crippen LogP contribution is -2.45. The molecule has 0 aromatic carbocycles. The third-order valence-electron chi connectivity index (χ3n) is 1.78. The zero-order chi connectivity index (χ0) is 13.5. The number of halogens is 4. The van der Waals surface area contributed by atoms with Gasteiger partial charge in [0.05, 0.1) is 0 Å². The maximum absolute atomic E-state index is 12.4. The largest absolute Gasteiger partial charge is 0.383 e. The fourth-order valence-corrected chi connectivity index (χ4v) is 0.912. The summed E-state index contributed by atoms with van der Waals surface area (Å²) in [6.07, 6.45) is -3.68. The first-order valence-electron chi connectivity index (χ1n) is 5.30. The Hall–Kier alpha value is -0.850. The molecule has 0 heterocycles. The molecule has 102 valence electrons. The Bertz CT molecular complexity index is 234. The molecule has 1 N–H and O–H groups in total. The number of nitrogens with one attached hydrogen (secondary N) is 1. The van der Waals surface area contributed by atoms with E-state index in [1.807, 2.05) is 13.8 Å². The van der Waals surface area contributed by atoms with E-state index in [0.717, 1.165) is 0 Å². The molecule has 0 atom stereocenters. The second-order valence-electron chi connectivity index (χ2n) is 4.00. The Morgan fingerprint density at radius 2 is 1.94 bits per heavy atom. The van der Waals surface area contributed by atoms with Gasteiger partial charge in [-0.25, -0.2) is 8.78 Å². The van der Waals surface area contributed by atoms with Gasteiger partial charge in [0.1, 0.15) is 0 Å². The molecule has 0 saturated heterocycles. The van der Waals surface area contributed by atoms with Crippen molar-refractivity contribution in [2.24, 2.45) is 5.92 Å². The Labute approximate surface area is 97.5 Å². The monoisotopic (exact) mass is 259 g/mol. The van der Waals surface area contributed by atoms with Gasteiger partial charge in [0, 0.05) is 19.8 Å². The van der Waals surface area contributed by atoms with Crippen molar-refractivity contribution in [2.75, 3.05) is 19.8 Å². The van der Waals surface area contributed by atoms with Gasteiger partial charge < -0.3 is 10.1 Å². The third-order valence-corrected chi connectivity index (χ3v) is 1.78. The number of carbonyl (C=O) groups excluding carboxylic acids is 1. The Kier molecular flexibility index (Phi) is 7.10. The van der Waals surface area contributed by atoms with E-state index < -0.39 is 18.3 Å². The van der Waals surface area contributed by atoms with E-state index in [1.165, 1.54) is 0 Å². The predicted octanol–water partition coefficient (Wildman–Crippen LogP) is 2.07. The van der Waals surface area contributed by atoms with E-state index in [0.29, 0.717) is 25.6 Å². The van der Waals surface area contributed by atoms with Crippen LogP contribution in [-0.2, 0) is 9.53 Å². The van der Waals surface area contributed by atoms with E-state index in [1.54, 1.807) is 5.32 Å². The highest BCUT2D eigenvalue weighted by Crippen LogP contribution is 2.22. The molecule has 0 aliphatic heterocycles. The SMILES string of the molecule is CC(C)COCCCNC(=O)C(F)(F)C(F)F. The lowest BCUT2D eigenvalue weighted by molar-refractivity contribution is -0.169. The summed E-state index contributed by atoms with van der Waals surface area (Å²) < 4.78 is 53.5. The maximum atomic E-state index is 12.4. The quantitative estimate of drug-likeness (QED) is 0.535. The second-order valence-corrected chi connectivity index (χ2v) is 4.00.